The van der Waals surface area contributed by atoms with Crippen molar-refractivity contribution in [2.45, 2.75) is 39.8 Å². The number of aryl methyl sites for hydroxylation is 2. The molecule has 1 N–H and O–H groups in total. The maximum atomic E-state index is 14.7. The van der Waals surface area contributed by atoms with E-state index in [4.69, 9.17) is 4.74 Å². The molecule has 4 aromatic rings. The van der Waals surface area contributed by atoms with E-state index in [1.54, 1.807) is 26.8 Å². The Bertz CT molecular complexity index is 1300. The lowest BCUT2D eigenvalue weighted by Gasteiger charge is -2.12. The van der Waals surface area contributed by atoms with E-state index in [0.29, 0.717) is 22.3 Å². The molecule has 0 aliphatic carbocycles. The molecule has 3 aromatic heterocycles. The van der Waals surface area contributed by atoms with Gasteiger partial charge in [0.25, 0.3) is 0 Å². The van der Waals surface area contributed by atoms with Gasteiger partial charge in [0.05, 0.1) is 17.9 Å². The number of halogens is 1. The monoisotopic (exact) mass is 461 g/mol. The molecule has 3 heterocycles. The molecule has 0 aliphatic rings. The molecule has 31 heavy (non-hydrogen) atoms. The highest BCUT2D eigenvalue weighted by molar-refractivity contribution is 7.13. The van der Waals surface area contributed by atoms with Crippen LogP contribution < -0.4 is 10.4 Å². The van der Waals surface area contributed by atoms with E-state index in [0.717, 1.165) is 26.7 Å². The van der Waals surface area contributed by atoms with Gasteiger partial charge in [-0.25, -0.2) is 19.2 Å². The van der Waals surface area contributed by atoms with E-state index in [9.17, 15) is 14.3 Å². The number of aromatic nitrogens is 5. The van der Waals surface area contributed by atoms with Gasteiger partial charge >= 0.3 is 5.69 Å². The Morgan fingerprint density at radius 1 is 1.26 bits per heavy atom. The van der Waals surface area contributed by atoms with E-state index in [1.165, 1.54) is 34.4 Å². The van der Waals surface area contributed by atoms with Crippen LogP contribution in [-0.4, -0.2) is 29.4 Å². The largest absolute Gasteiger partial charge is 0.442 e. The van der Waals surface area contributed by atoms with Crippen LogP contribution in [0.25, 0.3) is 5.69 Å². The first-order valence-corrected chi connectivity index (χ1v) is 11.0. The lowest BCUT2D eigenvalue weighted by Crippen LogP contribution is -2.24. The molecule has 0 atom stereocenters. The quantitative estimate of drug-likeness (QED) is 0.470. The van der Waals surface area contributed by atoms with Crippen LogP contribution in [0.3, 0.4) is 0 Å². The number of thiazole rings is 2. The van der Waals surface area contributed by atoms with Crippen molar-refractivity contribution in [3.63, 3.8) is 0 Å². The zero-order chi connectivity index (χ0) is 22.3. The first-order chi connectivity index (χ1) is 14.6. The molecule has 1 aromatic carbocycles. The number of ether oxygens (including phenoxy) is 1. The van der Waals surface area contributed by atoms with Gasteiger partial charge in [0.2, 0.25) is 5.06 Å². The van der Waals surface area contributed by atoms with Gasteiger partial charge < -0.3 is 9.84 Å². The van der Waals surface area contributed by atoms with Crippen molar-refractivity contribution in [1.82, 2.24) is 24.3 Å². The molecule has 0 fully saturated rings. The van der Waals surface area contributed by atoms with Crippen molar-refractivity contribution in [1.29, 1.82) is 0 Å². The minimum atomic E-state index is -1.11. The molecule has 0 spiro atoms. The van der Waals surface area contributed by atoms with Gasteiger partial charge in [-0.3, -0.25) is 4.57 Å². The maximum Gasteiger partial charge on any atom is 0.350 e. The Morgan fingerprint density at radius 2 is 2.03 bits per heavy atom. The SMILES string of the molecule is Cc1csc(Cn2cnn(-c3ccc(Oc4sc(C(C)(C)O)nc4C)c(F)c3)c2=O)n1. The molecule has 162 valence electrons. The first kappa shape index (κ1) is 21.3. The summed E-state index contributed by atoms with van der Waals surface area (Å²) in [7, 11) is 0. The fourth-order valence-corrected chi connectivity index (χ4v) is 4.49. The maximum absolute atomic E-state index is 14.7. The third-order valence-corrected chi connectivity index (χ3v) is 6.65. The highest BCUT2D eigenvalue weighted by atomic mass is 32.1. The zero-order valence-corrected chi connectivity index (χ0v) is 18.9. The number of nitrogens with zero attached hydrogens (tertiary/aromatic N) is 5. The smallest absolute Gasteiger partial charge is 0.350 e. The zero-order valence-electron chi connectivity index (χ0n) is 17.3. The van der Waals surface area contributed by atoms with Crippen molar-refractivity contribution in [2.24, 2.45) is 0 Å². The van der Waals surface area contributed by atoms with Gasteiger partial charge in [-0.15, -0.1) is 11.3 Å². The van der Waals surface area contributed by atoms with Crippen molar-refractivity contribution in [3.8, 4) is 16.5 Å². The third-order valence-electron chi connectivity index (χ3n) is 4.35. The molecule has 0 saturated carbocycles. The first-order valence-electron chi connectivity index (χ1n) is 9.35. The van der Waals surface area contributed by atoms with Crippen LogP contribution in [0.5, 0.6) is 10.8 Å². The molecule has 11 heteroatoms. The van der Waals surface area contributed by atoms with E-state index >= 15 is 0 Å². The Kier molecular flexibility index (Phi) is 5.50. The second-order valence-electron chi connectivity index (χ2n) is 7.50. The number of aliphatic hydroxyl groups is 1. The second kappa shape index (κ2) is 7.98. The highest BCUT2D eigenvalue weighted by Crippen LogP contribution is 2.36. The van der Waals surface area contributed by atoms with Crippen LogP contribution >= 0.6 is 22.7 Å². The van der Waals surface area contributed by atoms with E-state index in [-0.39, 0.29) is 11.4 Å². The van der Waals surface area contributed by atoms with E-state index in [1.807, 2.05) is 12.3 Å². The minimum absolute atomic E-state index is 0.0106. The molecule has 4 rings (SSSR count). The predicted octanol–water partition coefficient (Wildman–Crippen LogP) is 3.77. The van der Waals surface area contributed by atoms with Gasteiger partial charge in [-0.05, 0) is 39.8 Å². The van der Waals surface area contributed by atoms with Gasteiger partial charge in [-0.2, -0.15) is 9.78 Å². The van der Waals surface area contributed by atoms with Gasteiger partial charge in [-0.1, -0.05) is 11.3 Å². The van der Waals surface area contributed by atoms with Crippen LogP contribution in [0.2, 0.25) is 0 Å². The number of hydrogen-bond acceptors (Lipinski definition) is 8. The summed E-state index contributed by atoms with van der Waals surface area (Å²) in [5.74, 6) is -0.657. The van der Waals surface area contributed by atoms with Crippen LogP contribution in [0.15, 0.2) is 34.7 Å². The summed E-state index contributed by atoms with van der Waals surface area (Å²) in [5.41, 5.74) is 0.217. The summed E-state index contributed by atoms with van der Waals surface area (Å²) >= 11 is 2.62. The van der Waals surface area contributed by atoms with Gasteiger partial charge in [0.1, 0.15) is 21.9 Å². The Hall–Kier alpha value is -2.89. The van der Waals surface area contributed by atoms with Crippen molar-refractivity contribution in [2.75, 3.05) is 0 Å². The summed E-state index contributed by atoms with van der Waals surface area (Å²) in [5, 5.41) is 17.8. The molecule has 0 radical (unpaired) electrons. The summed E-state index contributed by atoms with van der Waals surface area (Å²) in [6.45, 7) is 7.16. The summed E-state index contributed by atoms with van der Waals surface area (Å²) < 4.78 is 22.9. The summed E-state index contributed by atoms with van der Waals surface area (Å²) in [6, 6.07) is 4.18. The van der Waals surface area contributed by atoms with Gasteiger partial charge in [0, 0.05) is 17.1 Å². The second-order valence-corrected chi connectivity index (χ2v) is 9.41. The number of rotatable bonds is 6. The molecule has 8 nitrogen and oxygen atoms in total. The standard InChI is InChI=1S/C20H20FN5O3S2/c1-11-9-30-16(23-11)8-25-10-22-26(19(25)27)13-5-6-15(14(21)7-13)29-17-12(2)24-18(31-17)20(3,4)28/h5-7,9-10,28H,8H2,1-4H3. The molecular formula is C20H20FN5O3S2. The Morgan fingerprint density at radius 3 is 2.65 bits per heavy atom. The minimum Gasteiger partial charge on any atom is -0.442 e. The van der Waals surface area contributed by atoms with Gasteiger partial charge in [0.15, 0.2) is 11.6 Å². The van der Waals surface area contributed by atoms with Crippen LogP contribution in [0, 0.1) is 19.7 Å². The normalized spacial score (nSPS) is 11.8. The molecule has 0 bridgehead atoms. The van der Waals surface area contributed by atoms with E-state index < -0.39 is 17.1 Å². The molecule has 0 aliphatic heterocycles. The fraction of sp³-hybridized carbons (Fsp3) is 0.300. The van der Waals surface area contributed by atoms with Crippen LogP contribution in [-0.2, 0) is 12.1 Å². The molecule has 0 saturated heterocycles. The Labute approximate surface area is 185 Å². The van der Waals surface area contributed by atoms with Crippen molar-refractivity contribution in [3.05, 3.63) is 67.6 Å². The molecule has 0 amide bonds. The summed E-state index contributed by atoms with van der Waals surface area (Å²) in [6.07, 6.45) is 1.40. The number of benzene rings is 1. The lowest BCUT2D eigenvalue weighted by atomic mass is 10.2. The average Bonchev–Trinajstić information content (AvgIpc) is 3.37. The van der Waals surface area contributed by atoms with Crippen molar-refractivity contribution < 1.29 is 14.2 Å². The van der Waals surface area contributed by atoms with Crippen LogP contribution in [0.4, 0.5) is 4.39 Å². The molecule has 0 unspecified atom stereocenters. The fourth-order valence-electron chi connectivity index (χ4n) is 2.78. The van der Waals surface area contributed by atoms with Crippen LogP contribution in [0.1, 0.15) is 35.3 Å². The predicted molar refractivity (Wildman–Crippen MR) is 116 cm³/mol. The third kappa shape index (κ3) is 4.43. The van der Waals surface area contributed by atoms with E-state index in [2.05, 4.69) is 15.1 Å². The summed E-state index contributed by atoms with van der Waals surface area (Å²) in [4.78, 5) is 21.3. The molecular weight excluding hydrogens is 441 g/mol. The lowest BCUT2D eigenvalue weighted by molar-refractivity contribution is 0.0781. The highest BCUT2D eigenvalue weighted by Gasteiger charge is 2.23. The topological polar surface area (TPSA) is 95.1 Å². The number of hydrogen-bond donors (Lipinski definition) is 1. The Balaban J connectivity index is 1.57. The average molecular weight is 462 g/mol. The van der Waals surface area contributed by atoms with Crippen molar-refractivity contribution >= 4 is 22.7 Å².